The van der Waals surface area contributed by atoms with Gasteiger partial charge < -0.3 is 9.73 Å². The summed E-state index contributed by atoms with van der Waals surface area (Å²) in [6.07, 6.45) is 3.91. The topological polar surface area (TPSA) is 93.3 Å². The van der Waals surface area contributed by atoms with Crippen molar-refractivity contribution in [1.29, 1.82) is 0 Å². The molecule has 1 saturated carbocycles. The van der Waals surface area contributed by atoms with Crippen LogP contribution in [0.3, 0.4) is 0 Å². The second kappa shape index (κ2) is 5.47. The second-order valence-corrected chi connectivity index (χ2v) is 6.41. The molecular formula is C16H19N5O3. The Labute approximate surface area is 138 Å². The van der Waals surface area contributed by atoms with E-state index in [1.807, 2.05) is 13.0 Å². The average molecular weight is 329 g/mol. The first-order valence-electron chi connectivity index (χ1n) is 8.11. The van der Waals surface area contributed by atoms with Crippen molar-refractivity contribution in [3.05, 3.63) is 29.6 Å². The fourth-order valence-corrected chi connectivity index (χ4v) is 3.19. The lowest BCUT2D eigenvalue weighted by Gasteiger charge is -2.16. The van der Waals surface area contributed by atoms with Crippen LogP contribution in [0.1, 0.15) is 47.1 Å². The van der Waals surface area contributed by atoms with Gasteiger partial charge in [-0.1, -0.05) is 0 Å². The highest BCUT2D eigenvalue weighted by Gasteiger charge is 2.37. The molecule has 0 radical (unpaired) electrons. The van der Waals surface area contributed by atoms with Gasteiger partial charge in [0.1, 0.15) is 11.9 Å². The third-order valence-electron chi connectivity index (χ3n) is 4.53. The molecule has 3 heterocycles. The molecule has 2 aromatic rings. The van der Waals surface area contributed by atoms with Crippen molar-refractivity contribution in [2.24, 2.45) is 7.05 Å². The minimum atomic E-state index is -0.551. The predicted molar refractivity (Wildman–Crippen MR) is 84.6 cm³/mol. The maximum atomic E-state index is 12.6. The number of anilines is 1. The summed E-state index contributed by atoms with van der Waals surface area (Å²) in [4.78, 5) is 30.9. The van der Waals surface area contributed by atoms with E-state index in [-0.39, 0.29) is 17.6 Å². The van der Waals surface area contributed by atoms with E-state index < -0.39 is 6.04 Å². The minimum Gasteiger partial charge on any atom is -0.438 e. The Kier molecular flexibility index (Phi) is 3.40. The van der Waals surface area contributed by atoms with Crippen LogP contribution in [0, 0.1) is 6.92 Å². The summed E-state index contributed by atoms with van der Waals surface area (Å²) in [5.41, 5.74) is 1.56. The lowest BCUT2D eigenvalue weighted by atomic mass is 10.2. The number of hydrogen-bond acceptors (Lipinski definition) is 5. The molecule has 1 saturated heterocycles. The number of hydrogen-bond donors (Lipinski definition) is 1. The summed E-state index contributed by atoms with van der Waals surface area (Å²) in [5.74, 6) is 0.806. The molecule has 2 aliphatic rings. The number of nitrogens with one attached hydrogen (secondary N) is 1. The number of amides is 2. The van der Waals surface area contributed by atoms with Gasteiger partial charge in [0.15, 0.2) is 6.39 Å². The molecule has 2 aromatic heterocycles. The van der Waals surface area contributed by atoms with Crippen molar-refractivity contribution in [2.75, 3.05) is 11.4 Å². The molecular weight excluding hydrogens is 310 g/mol. The Hall–Kier alpha value is -2.64. The van der Waals surface area contributed by atoms with Crippen molar-refractivity contribution in [2.45, 2.75) is 38.1 Å². The highest BCUT2D eigenvalue weighted by atomic mass is 16.3. The Balaban J connectivity index is 1.48. The fraction of sp³-hybridized carbons (Fsp3) is 0.500. The summed E-state index contributed by atoms with van der Waals surface area (Å²) in [7, 11) is 1.80. The zero-order valence-corrected chi connectivity index (χ0v) is 13.7. The van der Waals surface area contributed by atoms with Gasteiger partial charge in [-0.25, -0.2) is 4.98 Å². The average Bonchev–Trinajstić information content (AvgIpc) is 3.01. The van der Waals surface area contributed by atoms with E-state index in [0.29, 0.717) is 24.6 Å². The summed E-state index contributed by atoms with van der Waals surface area (Å²) in [5, 5.41) is 7.05. The van der Waals surface area contributed by atoms with Gasteiger partial charge >= 0.3 is 0 Å². The lowest BCUT2D eigenvalue weighted by molar-refractivity contribution is -0.118. The van der Waals surface area contributed by atoms with Crippen molar-refractivity contribution < 1.29 is 14.0 Å². The number of oxazole rings is 1. The first-order valence-corrected chi connectivity index (χ1v) is 8.11. The van der Waals surface area contributed by atoms with Crippen LogP contribution in [0.15, 0.2) is 16.9 Å². The van der Waals surface area contributed by atoms with Crippen LogP contribution in [0.2, 0.25) is 0 Å². The molecule has 8 heteroatoms. The summed E-state index contributed by atoms with van der Waals surface area (Å²) < 4.78 is 6.92. The largest absolute Gasteiger partial charge is 0.438 e. The molecule has 1 unspecified atom stereocenters. The van der Waals surface area contributed by atoms with Crippen LogP contribution in [0.25, 0.3) is 0 Å². The molecule has 2 fully saturated rings. The molecule has 1 aliphatic heterocycles. The monoisotopic (exact) mass is 329 g/mol. The zero-order chi connectivity index (χ0) is 16.8. The minimum absolute atomic E-state index is 0.126. The number of aromatic nitrogens is 3. The standard InChI is InChI=1S/C16H19N5O3/c1-9-7-12(20(2)19-9)21-6-5-11(16(21)23)18-15(22)14-13(10-3-4-10)17-8-24-14/h7-8,10-11H,3-6H2,1-2H3,(H,18,22). The molecule has 2 amide bonds. The van der Waals surface area contributed by atoms with Crippen LogP contribution in [-0.4, -0.2) is 39.2 Å². The maximum Gasteiger partial charge on any atom is 0.289 e. The van der Waals surface area contributed by atoms with E-state index in [2.05, 4.69) is 15.4 Å². The Morgan fingerprint density at radius 3 is 2.83 bits per heavy atom. The van der Waals surface area contributed by atoms with Gasteiger partial charge in [-0.3, -0.25) is 19.2 Å². The quantitative estimate of drug-likeness (QED) is 0.907. The van der Waals surface area contributed by atoms with Gasteiger partial charge in [-0.15, -0.1) is 0 Å². The number of aryl methyl sites for hydroxylation is 2. The smallest absolute Gasteiger partial charge is 0.289 e. The van der Waals surface area contributed by atoms with Crippen LogP contribution in [0.4, 0.5) is 5.82 Å². The number of carbonyl (C=O) groups is 2. The van der Waals surface area contributed by atoms with E-state index in [4.69, 9.17) is 4.42 Å². The molecule has 0 aromatic carbocycles. The highest BCUT2D eigenvalue weighted by Crippen LogP contribution is 2.40. The van der Waals surface area contributed by atoms with Gasteiger partial charge in [0.05, 0.1) is 11.4 Å². The van der Waals surface area contributed by atoms with Gasteiger partial charge in [0.2, 0.25) is 5.76 Å². The van der Waals surface area contributed by atoms with Gasteiger partial charge in [0.25, 0.3) is 11.8 Å². The van der Waals surface area contributed by atoms with E-state index in [1.54, 1.807) is 16.6 Å². The maximum absolute atomic E-state index is 12.6. The normalized spacial score (nSPS) is 20.7. The Bertz CT molecular complexity index is 804. The van der Waals surface area contributed by atoms with Crippen molar-refractivity contribution in [3.8, 4) is 0 Å². The molecule has 0 spiro atoms. The third kappa shape index (κ3) is 2.47. The van der Waals surface area contributed by atoms with Crippen LogP contribution < -0.4 is 10.2 Å². The molecule has 24 heavy (non-hydrogen) atoms. The van der Waals surface area contributed by atoms with E-state index in [9.17, 15) is 9.59 Å². The van der Waals surface area contributed by atoms with Crippen LogP contribution >= 0.6 is 0 Å². The number of carbonyl (C=O) groups excluding carboxylic acids is 2. The third-order valence-corrected chi connectivity index (χ3v) is 4.53. The lowest BCUT2D eigenvalue weighted by Crippen LogP contribution is -2.42. The zero-order valence-electron chi connectivity index (χ0n) is 13.7. The Morgan fingerprint density at radius 1 is 1.38 bits per heavy atom. The van der Waals surface area contributed by atoms with Crippen molar-refractivity contribution >= 4 is 17.6 Å². The van der Waals surface area contributed by atoms with E-state index in [0.717, 1.165) is 24.4 Å². The molecule has 0 bridgehead atoms. The van der Waals surface area contributed by atoms with Crippen LogP contribution in [-0.2, 0) is 11.8 Å². The summed E-state index contributed by atoms with van der Waals surface area (Å²) in [6, 6.07) is 1.31. The number of nitrogens with zero attached hydrogens (tertiary/aromatic N) is 4. The summed E-state index contributed by atoms with van der Waals surface area (Å²) >= 11 is 0. The Morgan fingerprint density at radius 2 is 2.17 bits per heavy atom. The first-order chi connectivity index (χ1) is 11.5. The SMILES string of the molecule is Cc1cc(N2CCC(NC(=O)c3ocnc3C3CC3)C2=O)n(C)n1. The molecule has 1 atom stereocenters. The van der Waals surface area contributed by atoms with Gasteiger partial charge in [-0.2, -0.15) is 5.10 Å². The van der Waals surface area contributed by atoms with Gasteiger partial charge in [-0.05, 0) is 26.2 Å². The predicted octanol–water partition coefficient (Wildman–Crippen LogP) is 1.13. The number of rotatable bonds is 4. The molecule has 4 rings (SSSR count). The van der Waals surface area contributed by atoms with Gasteiger partial charge in [0, 0.05) is 25.6 Å². The van der Waals surface area contributed by atoms with E-state index >= 15 is 0 Å². The highest BCUT2D eigenvalue weighted by molar-refractivity contribution is 6.03. The second-order valence-electron chi connectivity index (χ2n) is 6.41. The first kappa shape index (κ1) is 14.9. The summed E-state index contributed by atoms with van der Waals surface area (Å²) in [6.45, 7) is 2.43. The molecule has 126 valence electrons. The van der Waals surface area contributed by atoms with E-state index in [1.165, 1.54) is 6.39 Å². The fourth-order valence-electron chi connectivity index (χ4n) is 3.19. The molecule has 1 N–H and O–H groups in total. The van der Waals surface area contributed by atoms with Crippen molar-refractivity contribution in [3.63, 3.8) is 0 Å². The van der Waals surface area contributed by atoms with Crippen LogP contribution in [0.5, 0.6) is 0 Å². The molecule has 8 nitrogen and oxygen atoms in total. The van der Waals surface area contributed by atoms with Crippen molar-refractivity contribution in [1.82, 2.24) is 20.1 Å². The molecule has 1 aliphatic carbocycles.